The second kappa shape index (κ2) is 6.06. The molecule has 2 N–H and O–H groups in total. The first kappa shape index (κ1) is 13.9. The zero-order chi connectivity index (χ0) is 13.8. The molecule has 2 unspecified atom stereocenters. The quantitative estimate of drug-likeness (QED) is 0.863. The van der Waals surface area contributed by atoms with Crippen molar-refractivity contribution in [1.29, 1.82) is 0 Å². The molecule has 4 nitrogen and oxygen atoms in total. The van der Waals surface area contributed by atoms with Gasteiger partial charge in [0.1, 0.15) is 0 Å². The summed E-state index contributed by atoms with van der Waals surface area (Å²) >= 11 is 0. The molecule has 1 aliphatic rings. The van der Waals surface area contributed by atoms with E-state index in [-0.39, 0.29) is 11.9 Å². The molecule has 1 aliphatic heterocycles. The average molecular weight is 261 g/mol. The fourth-order valence-electron chi connectivity index (χ4n) is 2.64. The zero-order valence-electron chi connectivity index (χ0n) is 11.9. The van der Waals surface area contributed by atoms with E-state index in [0.717, 1.165) is 19.4 Å². The van der Waals surface area contributed by atoms with Crippen molar-refractivity contribution in [3.63, 3.8) is 0 Å². The third kappa shape index (κ3) is 3.26. The van der Waals surface area contributed by atoms with E-state index in [4.69, 9.17) is 0 Å². The molecular weight excluding hydrogens is 238 g/mol. The fraction of sp³-hybridized carbons (Fsp3) is 0.533. The maximum absolute atomic E-state index is 11.7. The van der Waals surface area contributed by atoms with Crippen molar-refractivity contribution < 1.29 is 4.79 Å². The van der Waals surface area contributed by atoms with Crippen LogP contribution in [0.4, 0.5) is 5.69 Å². The summed E-state index contributed by atoms with van der Waals surface area (Å²) in [5.41, 5.74) is 2.54. The highest BCUT2D eigenvalue weighted by molar-refractivity contribution is 5.81. The molecule has 0 saturated carbocycles. The van der Waals surface area contributed by atoms with Crippen molar-refractivity contribution in [3.8, 4) is 0 Å². The molecule has 2 atom stereocenters. The van der Waals surface area contributed by atoms with Gasteiger partial charge in [-0.05, 0) is 43.0 Å². The predicted molar refractivity (Wildman–Crippen MR) is 78.6 cm³/mol. The Labute approximate surface area is 115 Å². The molecule has 1 amide bonds. The van der Waals surface area contributed by atoms with Gasteiger partial charge in [-0.15, -0.1) is 0 Å². The van der Waals surface area contributed by atoms with Crippen molar-refractivity contribution in [1.82, 2.24) is 10.6 Å². The Kier molecular flexibility index (Phi) is 4.43. The van der Waals surface area contributed by atoms with Crippen LogP contribution in [-0.2, 0) is 4.79 Å². The van der Waals surface area contributed by atoms with Crippen LogP contribution in [0.1, 0.15) is 24.3 Å². The lowest BCUT2D eigenvalue weighted by molar-refractivity contribution is -0.123. The Morgan fingerprint density at radius 2 is 2.00 bits per heavy atom. The normalized spacial score (nSPS) is 22.9. The van der Waals surface area contributed by atoms with E-state index in [1.54, 1.807) is 7.05 Å². The lowest BCUT2D eigenvalue weighted by atomic mass is 9.86. The first-order valence-electron chi connectivity index (χ1n) is 6.84. The number of likely N-dealkylation sites (N-methyl/N-ethyl adjacent to an activating group) is 1. The van der Waals surface area contributed by atoms with Gasteiger partial charge >= 0.3 is 0 Å². The molecule has 1 aromatic rings. The van der Waals surface area contributed by atoms with Crippen LogP contribution in [0.2, 0.25) is 0 Å². The van der Waals surface area contributed by atoms with E-state index in [0.29, 0.717) is 5.92 Å². The maximum atomic E-state index is 11.7. The topological polar surface area (TPSA) is 44.4 Å². The summed E-state index contributed by atoms with van der Waals surface area (Å²) in [6, 6.07) is 8.61. The minimum absolute atomic E-state index is 0.0581. The number of piperidine rings is 1. The van der Waals surface area contributed by atoms with E-state index >= 15 is 0 Å². The van der Waals surface area contributed by atoms with Crippen LogP contribution >= 0.6 is 0 Å². The average Bonchev–Trinajstić information content (AvgIpc) is 2.46. The van der Waals surface area contributed by atoms with Crippen LogP contribution in [0.15, 0.2) is 24.3 Å². The maximum Gasteiger partial charge on any atom is 0.236 e. The molecule has 0 bridgehead atoms. The molecule has 1 fully saturated rings. The molecule has 2 rings (SSSR count). The number of anilines is 1. The van der Waals surface area contributed by atoms with Gasteiger partial charge in [0, 0.05) is 26.8 Å². The highest BCUT2D eigenvalue weighted by Crippen LogP contribution is 2.29. The van der Waals surface area contributed by atoms with Crippen molar-refractivity contribution in [2.24, 2.45) is 0 Å². The largest absolute Gasteiger partial charge is 0.378 e. The van der Waals surface area contributed by atoms with Gasteiger partial charge in [0.25, 0.3) is 0 Å². The van der Waals surface area contributed by atoms with Gasteiger partial charge < -0.3 is 15.5 Å². The smallest absolute Gasteiger partial charge is 0.236 e. The van der Waals surface area contributed by atoms with Gasteiger partial charge in [0.2, 0.25) is 5.91 Å². The van der Waals surface area contributed by atoms with Crippen LogP contribution < -0.4 is 15.5 Å². The number of amides is 1. The standard InChI is InChI=1S/C15H23N3O/c1-16-15(19)14-10-12(8-9-17-14)11-4-6-13(7-5-11)18(2)3/h4-7,12,14,17H,8-10H2,1-3H3,(H,16,19). The van der Waals surface area contributed by atoms with Crippen LogP contribution in [0.5, 0.6) is 0 Å². The molecule has 104 valence electrons. The van der Waals surface area contributed by atoms with Gasteiger partial charge in [-0.1, -0.05) is 12.1 Å². The molecule has 1 heterocycles. The highest BCUT2D eigenvalue weighted by Gasteiger charge is 2.26. The minimum Gasteiger partial charge on any atom is -0.378 e. The van der Waals surface area contributed by atoms with Gasteiger partial charge in [-0.2, -0.15) is 0 Å². The summed E-state index contributed by atoms with van der Waals surface area (Å²) in [5.74, 6) is 0.564. The fourth-order valence-corrected chi connectivity index (χ4v) is 2.64. The number of hydrogen-bond donors (Lipinski definition) is 2. The third-order valence-corrected chi connectivity index (χ3v) is 3.85. The third-order valence-electron chi connectivity index (χ3n) is 3.85. The summed E-state index contributed by atoms with van der Waals surface area (Å²) < 4.78 is 0. The first-order valence-corrected chi connectivity index (χ1v) is 6.84. The number of hydrogen-bond acceptors (Lipinski definition) is 3. The summed E-state index contributed by atoms with van der Waals surface area (Å²) in [6.45, 7) is 0.901. The minimum atomic E-state index is -0.0581. The van der Waals surface area contributed by atoms with Crippen LogP contribution in [0.25, 0.3) is 0 Å². The summed E-state index contributed by atoms with van der Waals surface area (Å²) in [6.07, 6.45) is 1.97. The van der Waals surface area contributed by atoms with Gasteiger partial charge in [-0.25, -0.2) is 0 Å². The van der Waals surface area contributed by atoms with Crippen LogP contribution in [0.3, 0.4) is 0 Å². The SMILES string of the molecule is CNC(=O)C1CC(c2ccc(N(C)C)cc2)CCN1. The molecule has 19 heavy (non-hydrogen) atoms. The van der Waals surface area contributed by atoms with Crippen molar-refractivity contribution in [2.45, 2.75) is 24.8 Å². The monoisotopic (exact) mass is 261 g/mol. The lowest BCUT2D eigenvalue weighted by Gasteiger charge is -2.29. The summed E-state index contributed by atoms with van der Waals surface area (Å²) in [4.78, 5) is 13.8. The summed E-state index contributed by atoms with van der Waals surface area (Å²) in [7, 11) is 5.78. The van der Waals surface area contributed by atoms with Crippen LogP contribution in [-0.4, -0.2) is 39.6 Å². The van der Waals surface area contributed by atoms with E-state index in [9.17, 15) is 4.79 Å². The highest BCUT2D eigenvalue weighted by atomic mass is 16.2. The molecule has 0 radical (unpaired) electrons. The van der Waals surface area contributed by atoms with Crippen molar-refractivity contribution in [3.05, 3.63) is 29.8 Å². The Balaban J connectivity index is 2.06. The van der Waals surface area contributed by atoms with Crippen molar-refractivity contribution >= 4 is 11.6 Å². The number of benzene rings is 1. The van der Waals surface area contributed by atoms with E-state index in [2.05, 4.69) is 39.8 Å². The summed E-state index contributed by atoms with van der Waals surface area (Å²) in [5, 5.41) is 6.00. The van der Waals surface area contributed by atoms with E-state index < -0.39 is 0 Å². The number of carbonyl (C=O) groups is 1. The van der Waals surface area contributed by atoms with E-state index in [1.165, 1.54) is 11.3 Å². The molecular formula is C15H23N3O. The lowest BCUT2D eigenvalue weighted by Crippen LogP contribution is -2.47. The number of rotatable bonds is 3. The van der Waals surface area contributed by atoms with Gasteiger partial charge in [-0.3, -0.25) is 4.79 Å². The second-order valence-electron chi connectivity index (χ2n) is 5.33. The second-order valence-corrected chi connectivity index (χ2v) is 5.33. The van der Waals surface area contributed by atoms with Gasteiger partial charge in [0.05, 0.1) is 6.04 Å². The molecule has 1 aromatic carbocycles. The van der Waals surface area contributed by atoms with Crippen molar-refractivity contribution in [2.75, 3.05) is 32.6 Å². The number of carbonyl (C=O) groups excluding carboxylic acids is 1. The number of nitrogens with zero attached hydrogens (tertiary/aromatic N) is 1. The molecule has 1 saturated heterocycles. The van der Waals surface area contributed by atoms with E-state index in [1.807, 2.05) is 14.1 Å². The zero-order valence-corrected chi connectivity index (χ0v) is 11.9. The van der Waals surface area contributed by atoms with Crippen LogP contribution in [0, 0.1) is 0 Å². The Bertz CT molecular complexity index is 428. The van der Waals surface area contributed by atoms with Gasteiger partial charge in [0.15, 0.2) is 0 Å². The predicted octanol–water partition coefficient (Wildman–Crippen LogP) is 1.33. The Hall–Kier alpha value is -1.55. The molecule has 4 heteroatoms. The number of nitrogens with one attached hydrogen (secondary N) is 2. The molecule has 0 spiro atoms. The molecule has 0 aromatic heterocycles. The first-order chi connectivity index (χ1) is 9.11. The Morgan fingerprint density at radius 3 is 2.58 bits per heavy atom. The molecule has 0 aliphatic carbocycles. The Morgan fingerprint density at radius 1 is 1.32 bits per heavy atom.